The molecule has 0 atom stereocenters. The van der Waals surface area contributed by atoms with Gasteiger partial charge in [-0.3, -0.25) is 4.98 Å². The minimum absolute atomic E-state index is 0.0437. The molecule has 0 amide bonds. The fourth-order valence-corrected chi connectivity index (χ4v) is 2.53. The smallest absolute Gasteiger partial charge is 0.0739 e. The molecule has 0 aliphatic rings. The first-order valence-corrected chi connectivity index (χ1v) is 7.22. The van der Waals surface area contributed by atoms with Crippen molar-refractivity contribution < 1.29 is 0 Å². The summed E-state index contributed by atoms with van der Waals surface area (Å²) in [5.74, 6) is 0. The van der Waals surface area contributed by atoms with Crippen molar-refractivity contribution in [3.63, 3.8) is 0 Å². The van der Waals surface area contributed by atoms with Gasteiger partial charge in [-0.25, -0.2) is 0 Å². The molecule has 0 spiro atoms. The van der Waals surface area contributed by atoms with E-state index in [9.17, 15) is 0 Å². The summed E-state index contributed by atoms with van der Waals surface area (Å²) in [5.41, 5.74) is 11.7. The van der Waals surface area contributed by atoms with Gasteiger partial charge >= 0.3 is 0 Å². The van der Waals surface area contributed by atoms with Crippen LogP contribution in [0.2, 0.25) is 0 Å². The van der Waals surface area contributed by atoms with Crippen LogP contribution in [0.4, 0.5) is 5.69 Å². The molecule has 2 rings (SSSR count). The van der Waals surface area contributed by atoms with Crippen LogP contribution in [-0.2, 0) is 10.8 Å². The van der Waals surface area contributed by atoms with Gasteiger partial charge in [-0.2, -0.15) is 0 Å². The molecule has 0 unspecified atom stereocenters. The third kappa shape index (κ3) is 2.65. The van der Waals surface area contributed by atoms with Gasteiger partial charge in [0.25, 0.3) is 0 Å². The molecule has 0 aliphatic heterocycles. The van der Waals surface area contributed by atoms with E-state index in [2.05, 4.69) is 60.6 Å². The van der Waals surface area contributed by atoms with Crippen molar-refractivity contribution in [2.75, 3.05) is 5.73 Å². The van der Waals surface area contributed by atoms with E-state index in [1.807, 2.05) is 6.07 Å². The fraction of sp³-hybridized carbons (Fsp3) is 0.500. The first-order chi connectivity index (χ1) is 9.00. The Morgan fingerprint density at radius 3 is 2.00 bits per heavy atom. The summed E-state index contributed by atoms with van der Waals surface area (Å²) in [7, 11) is 0. The van der Waals surface area contributed by atoms with Gasteiger partial charge in [0, 0.05) is 22.2 Å². The average Bonchev–Trinajstić information content (AvgIpc) is 2.24. The molecule has 2 heteroatoms. The predicted molar refractivity (Wildman–Crippen MR) is 88.3 cm³/mol. The SMILES string of the molecule is Cc1cc(N)cc2c(C(C)(C)C)cc(C(C)(C)C)nc12. The highest BCUT2D eigenvalue weighted by atomic mass is 14.7. The van der Waals surface area contributed by atoms with Gasteiger partial charge in [0.05, 0.1) is 5.52 Å². The lowest BCUT2D eigenvalue weighted by atomic mass is 9.81. The van der Waals surface area contributed by atoms with Gasteiger partial charge < -0.3 is 5.73 Å². The van der Waals surface area contributed by atoms with Crippen molar-refractivity contribution in [2.24, 2.45) is 0 Å². The number of nitrogen functional groups attached to an aromatic ring is 1. The number of hydrogen-bond acceptors (Lipinski definition) is 2. The Hall–Kier alpha value is -1.57. The number of pyridine rings is 1. The molecule has 1 heterocycles. The Labute approximate surface area is 122 Å². The van der Waals surface area contributed by atoms with E-state index >= 15 is 0 Å². The van der Waals surface area contributed by atoms with Crippen LogP contribution in [0.1, 0.15) is 58.4 Å². The van der Waals surface area contributed by atoms with Crippen LogP contribution in [0, 0.1) is 6.92 Å². The zero-order chi connectivity index (χ0) is 15.3. The number of benzene rings is 1. The van der Waals surface area contributed by atoms with Crippen molar-refractivity contribution >= 4 is 16.6 Å². The third-order valence-corrected chi connectivity index (χ3v) is 3.70. The van der Waals surface area contributed by atoms with E-state index in [0.29, 0.717) is 0 Å². The van der Waals surface area contributed by atoms with E-state index in [0.717, 1.165) is 22.5 Å². The summed E-state index contributed by atoms with van der Waals surface area (Å²) in [6.07, 6.45) is 0. The van der Waals surface area contributed by atoms with Gasteiger partial charge in [-0.1, -0.05) is 41.5 Å². The first-order valence-electron chi connectivity index (χ1n) is 7.22. The maximum Gasteiger partial charge on any atom is 0.0739 e. The molecule has 1 aromatic heterocycles. The topological polar surface area (TPSA) is 38.9 Å². The van der Waals surface area contributed by atoms with Gasteiger partial charge in [0.1, 0.15) is 0 Å². The highest BCUT2D eigenvalue weighted by molar-refractivity contribution is 5.89. The van der Waals surface area contributed by atoms with E-state index in [1.165, 1.54) is 10.9 Å². The van der Waals surface area contributed by atoms with E-state index in [-0.39, 0.29) is 10.8 Å². The van der Waals surface area contributed by atoms with E-state index in [1.54, 1.807) is 0 Å². The number of nitrogens with two attached hydrogens (primary N) is 1. The van der Waals surface area contributed by atoms with E-state index in [4.69, 9.17) is 10.7 Å². The molecule has 0 bridgehead atoms. The maximum atomic E-state index is 6.03. The molecule has 0 radical (unpaired) electrons. The summed E-state index contributed by atoms with van der Waals surface area (Å²) in [6.45, 7) is 15.4. The lowest BCUT2D eigenvalue weighted by Gasteiger charge is -2.26. The summed E-state index contributed by atoms with van der Waals surface area (Å²) < 4.78 is 0. The summed E-state index contributed by atoms with van der Waals surface area (Å²) >= 11 is 0. The van der Waals surface area contributed by atoms with Crippen LogP contribution < -0.4 is 5.73 Å². The molecule has 1 aromatic carbocycles. The zero-order valence-electron chi connectivity index (χ0n) is 13.8. The highest BCUT2D eigenvalue weighted by Crippen LogP contribution is 2.35. The van der Waals surface area contributed by atoms with Gasteiger partial charge in [0.15, 0.2) is 0 Å². The van der Waals surface area contributed by atoms with Gasteiger partial charge in [-0.05, 0) is 41.7 Å². The number of rotatable bonds is 0. The Balaban J connectivity index is 2.93. The summed E-state index contributed by atoms with van der Waals surface area (Å²) in [5, 5.41) is 1.18. The monoisotopic (exact) mass is 270 g/mol. The second-order valence-electron chi connectivity index (χ2n) is 7.79. The molecule has 2 N–H and O–H groups in total. The molecule has 0 saturated heterocycles. The molecular formula is C18H26N2. The van der Waals surface area contributed by atoms with Crippen molar-refractivity contribution in [1.29, 1.82) is 0 Å². The summed E-state index contributed by atoms with van der Waals surface area (Å²) in [4.78, 5) is 4.91. The highest BCUT2D eigenvalue weighted by Gasteiger charge is 2.23. The standard InChI is InChI=1S/C18H26N2/c1-11-8-12(19)9-13-14(17(2,3)4)10-15(18(5,6)7)20-16(11)13/h8-10H,19H2,1-7H3. The Kier molecular flexibility index (Phi) is 3.32. The first kappa shape index (κ1) is 14.8. The number of fused-ring (bicyclic) bond motifs is 1. The van der Waals surface area contributed by atoms with Crippen molar-refractivity contribution in [3.05, 3.63) is 35.0 Å². The zero-order valence-corrected chi connectivity index (χ0v) is 13.8. The number of anilines is 1. The number of hydrogen-bond donors (Lipinski definition) is 1. The van der Waals surface area contributed by atoms with Crippen molar-refractivity contribution in [1.82, 2.24) is 4.98 Å². The maximum absolute atomic E-state index is 6.03. The lowest BCUT2D eigenvalue weighted by molar-refractivity contribution is 0.558. The normalized spacial score (nSPS) is 12.9. The molecule has 0 saturated carbocycles. The molecule has 108 valence electrons. The van der Waals surface area contributed by atoms with Crippen molar-refractivity contribution in [2.45, 2.75) is 59.3 Å². The average molecular weight is 270 g/mol. The quantitative estimate of drug-likeness (QED) is 0.703. The second kappa shape index (κ2) is 4.47. The molecule has 20 heavy (non-hydrogen) atoms. The Morgan fingerprint density at radius 2 is 1.50 bits per heavy atom. The minimum Gasteiger partial charge on any atom is -0.399 e. The summed E-state index contributed by atoms with van der Waals surface area (Å²) in [6, 6.07) is 6.32. The largest absolute Gasteiger partial charge is 0.399 e. The van der Waals surface area contributed by atoms with Crippen LogP contribution >= 0.6 is 0 Å². The Morgan fingerprint density at radius 1 is 0.900 bits per heavy atom. The van der Waals surface area contributed by atoms with Crippen LogP contribution in [0.15, 0.2) is 18.2 Å². The van der Waals surface area contributed by atoms with Gasteiger partial charge in [-0.15, -0.1) is 0 Å². The second-order valence-corrected chi connectivity index (χ2v) is 7.79. The lowest BCUT2D eigenvalue weighted by Crippen LogP contribution is -2.19. The van der Waals surface area contributed by atoms with Crippen molar-refractivity contribution in [3.8, 4) is 0 Å². The van der Waals surface area contributed by atoms with Crippen LogP contribution in [-0.4, -0.2) is 4.98 Å². The molecular weight excluding hydrogens is 244 g/mol. The molecule has 0 fully saturated rings. The minimum atomic E-state index is 0.0437. The number of aromatic nitrogens is 1. The predicted octanol–water partition coefficient (Wildman–Crippen LogP) is 4.72. The van der Waals surface area contributed by atoms with Crippen LogP contribution in [0.3, 0.4) is 0 Å². The number of nitrogens with zero attached hydrogens (tertiary/aromatic N) is 1. The van der Waals surface area contributed by atoms with Crippen LogP contribution in [0.25, 0.3) is 10.9 Å². The molecule has 2 aromatic rings. The number of aryl methyl sites for hydroxylation is 1. The Bertz CT molecular complexity index is 656. The van der Waals surface area contributed by atoms with Crippen LogP contribution in [0.5, 0.6) is 0 Å². The van der Waals surface area contributed by atoms with Gasteiger partial charge in [0.2, 0.25) is 0 Å². The third-order valence-electron chi connectivity index (χ3n) is 3.70. The fourth-order valence-electron chi connectivity index (χ4n) is 2.53. The molecule has 2 nitrogen and oxygen atoms in total. The molecule has 0 aliphatic carbocycles. The van der Waals surface area contributed by atoms with E-state index < -0.39 is 0 Å².